The van der Waals surface area contributed by atoms with Crippen LogP contribution in [0.1, 0.15) is 0 Å². The van der Waals surface area contributed by atoms with E-state index in [9.17, 15) is 0 Å². The van der Waals surface area contributed by atoms with Gasteiger partial charge in [-0.05, 0) is 36.5 Å². The van der Waals surface area contributed by atoms with E-state index < -0.39 is 0 Å². The van der Waals surface area contributed by atoms with E-state index in [1.165, 1.54) is 0 Å². The molecule has 0 fully saturated rings. The van der Waals surface area contributed by atoms with Crippen molar-refractivity contribution in [2.75, 3.05) is 19.0 Å². The molecule has 0 saturated heterocycles. The Morgan fingerprint density at radius 3 is 2.67 bits per heavy atom. The van der Waals surface area contributed by atoms with Crippen LogP contribution in [-0.2, 0) is 0 Å². The number of rotatable bonds is 3. The molecule has 1 rings (SSSR count). The van der Waals surface area contributed by atoms with Gasteiger partial charge in [-0.15, -0.1) is 6.42 Å². The summed E-state index contributed by atoms with van der Waals surface area (Å²) in [5.41, 5.74) is 0.894. The van der Waals surface area contributed by atoms with Crippen molar-refractivity contribution in [3.8, 4) is 18.1 Å². The summed E-state index contributed by atoms with van der Waals surface area (Å²) in [6.07, 6.45) is 5.09. The van der Waals surface area contributed by atoms with Crippen LogP contribution in [0.25, 0.3) is 0 Å². The fraction of sp³-hybridized carbons (Fsp3) is 0.182. The largest absolute Gasteiger partial charge is 0.497 e. The van der Waals surface area contributed by atoms with Crippen LogP contribution in [0.15, 0.2) is 24.3 Å². The number of anilines is 1. The Hall–Kier alpha value is -1.73. The van der Waals surface area contributed by atoms with E-state index in [0.717, 1.165) is 11.4 Å². The number of hydrogen-bond acceptors (Lipinski definition) is 2. The normalized spacial score (nSPS) is 8.80. The van der Waals surface area contributed by atoms with Gasteiger partial charge >= 0.3 is 0 Å². The number of nitrogens with one attached hydrogen (secondary N) is 2. The molecule has 1 aromatic rings. The molecule has 78 valence electrons. The first-order valence-corrected chi connectivity index (χ1v) is 4.79. The highest BCUT2D eigenvalue weighted by Gasteiger charge is 1.96. The van der Waals surface area contributed by atoms with Gasteiger partial charge < -0.3 is 15.4 Å². The van der Waals surface area contributed by atoms with Gasteiger partial charge in [0, 0.05) is 5.69 Å². The third-order valence-corrected chi connectivity index (χ3v) is 1.95. The summed E-state index contributed by atoms with van der Waals surface area (Å²) in [5.74, 6) is 3.25. The van der Waals surface area contributed by atoms with Gasteiger partial charge in [0.1, 0.15) is 5.75 Å². The smallest absolute Gasteiger partial charge is 0.171 e. The predicted molar refractivity (Wildman–Crippen MR) is 66.1 cm³/mol. The van der Waals surface area contributed by atoms with Crippen LogP contribution in [0.5, 0.6) is 5.75 Å². The predicted octanol–water partition coefficient (Wildman–Crippen LogP) is 1.61. The lowest BCUT2D eigenvalue weighted by Crippen LogP contribution is -2.28. The van der Waals surface area contributed by atoms with Crippen molar-refractivity contribution in [2.24, 2.45) is 0 Å². The van der Waals surface area contributed by atoms with E-state index in [-0.39, 0.29) is 0 Å². The highest BCUT2D eigenvalue weighted by molar-refractivity contribution is 7.80. The van der Waals surface area contributed by atoms with Crippen molar-refractivity contribution in [2.45, 2.75) is 0 Å². The van der Waals surface area contributed by atoms with Gasteiger partial charge in [-0.2, -0.15) is 0 Å². The summed E-state index contributed by atoms with van der Waals surface area (Å²) in [4.78, 5) is 0. The molecule has 0 heterocycles. The summed E-state index contributed by atoms with van der Waals surface area (Å²) in [5, 5.41) is 6.37. The number of ether oxygens (including phenoxy) is 1. The third kappa shape index (κ3) is 3.88. The SMILES string of the molecule is C#CCNC(=S)Nc1ccc(OC)cc1. The van der Waals surface area contributed by atoms with Crippen LogP contribution >= 0.6 is 12.2 Å². The molecule has 0 amide bonds. The molecule has 1 aromatic carbocycles. The minimum Gasteiger partial charge on any atom is -0.497 e. The molecule has 3 nitrogen and oxygen atoms in total. The number of hydrogen-bond donors (Lipinski definition) is 2. The fourth-order valence-electron chi connectivity index (χ4n) is 0.981. The summed E-state index contributed by atoms with van der Waals surface area (Å²) < 4.78 is 5.04. The van der Waals surface area contributed by atoms with Gasteiger partial charge in [-0.3, -0.25) is 0 Å². The van der Waals surface area contributed by atoms with Crippen LogP contribution in [0.2, 0.25) is 0 Å². The molecule has 0 aromatic heterocycles. The van der Waals surface area contributed by atoms with Crippen LogP contribution in [0.3, 0.4) is 0 Å². The summed E-state index contributed by atoms with van der Waals surface area (Å²) >= 11 is 5.01. The first-order valence-electron chi connectivity index (χ1n) is 4.38. The second-order valence-corrected chi connectivity index (χ2v) is 3.15. The van der Waals surface area contributed by atoms with Gasteiger partial charge in [0.05, 0.1) is 13.7 Å². The number of thiocarbonyl (C=S) groups is 1. The van der Waals surface area contributed by atoms with Crippen LogP contribution in [-0.4, -0.2) is 18.8 Å². The second kappa shape index (κ2) is 5.89. The lowest BCUT2D eigenvalue weighted by molar-refractivity contribution is 0.415. The summed E-state index contributed by atoms with van der Waals surface area (Å²) in [6.45, 7) is 0.419. The van der Waals surface area contributed by atoms with Gasteiger partial charge in [-0.25, -0.2) is 0 Å². The first-order chi connectivity index (χ1) is 7.26. The molecular weight excluding hydrogens is 208 g/mol. The Bertz CT molecular complexity index is 367. The van der Waals surface area contributed by atoms with E-state index in [1.807, 2.05) is 24.3 Å². The Morgan fingerprint density at radius 1 is 1.47 bits per heavy atom. The zero-order valence-electron chi connectivity index (χ0n) is 8.41. The Labute approximate surface area is 94.8 Å². The minimum atomic E-state index is 0.419. The molecule has 0 spiro atoms. The third-order valence-electron chi connectivity index (χ3n) is 1.70. The molecule has 0 aliphatic rings. The minimum absolute atomic E-state index is 0.419. The molecule has 2 N–H and O–H groups in total. The second-order valence-electron chi connectivity index (χ2n) is 2.74. The molecule has 0 saturated carbocycles. The van der Waals surface area contributed by atoms with Crippen molar-refractivity contribution in [3.63, 3.8) is 0 Å². The molecule has 0 bridgehead atoms. The van der Waals surface area contributed by atoms with Crippen molar-refractivity contribution in [1.29, 1.82) is 0 Å². The Morgan fingerprint density at radius 2 is 2.13 bits per heavy atom. The van der Waals surface area contributed by atoms with E-state index in [4.69, 9.17) is 23.4 Å². The zero-order valence-corrected chi connectivity index (χ0v) is 9.23. The Kier molecular flexibility index (Phi) is 4.45. The van der Waals surface area contributed by atoms with Gasteiger partial charge in [0.25, 0.3) is 0 Å². The number of terminal acetylenes is 1. The topological polar surface area (TPSA) is 33.3 Å². The van der Waals surface area contributed by atoms with Crippen LogP contribution in [0.4, 0.5) is 5.69 Å². The zero-order chi connectivity index (χ0) is 11.1. The maximum absolute atomic E-state index is 5.09. The summed E-state index contributed by atoms with van der Waals surface area (Å²) in [6, 6.07) is 7.46. The van der Waals surface area contributed by atoms with E-state index in [2.05, 4.69) is 16.6 Å². The fourth-order valence-corrected chi connectivity index (χ4v) is 1.17. The summed E-state index contributed by atoms with van der Waals surface area (Å²) in [7, 11) is 1.63. The lowest BCUT2D eigenvalue weighted by atomic mass is 10.3. The van der Waals surface area contributed by atoms with Crippen molar-refractivity contribution >= 4 is 23.0 Å². The standard InChI is InChI=1S/C11H12N2OS/c1-3-8-12-11(15)13-9-4-6-10(14-2)7-5-9/h1,4-7H,8H2,2H3,(H2,12,13,15). The van der Waals surface area contributed by atoms with E-state index in [1.54, 1.807) is 7.11 Å². The van der Waals surface area contributed by atoms with Crippen molar-refractivity contribution in [1.82, 2.24) is 5.32 Å². The first kappa shape index (κ1) is 11.3. The van der Waals surface area contributed by atoms with Gasteiger partial charge in [-0.1, -0.05) is 5.92 Å². The maximum atomic E-state index is 5.09. The molecule has 0 aliphatic heterocycles. The molecule has 15 heavy (non-hydrogen) atoms. The molecule has 0 atom stereocenters. The van der Waals surface area contributed by atoms with Crippen molar-refractivity contribution < 1.29 is 4.74 Å². The molecule has 0 aliphatic carbocycles. The number of benzene rings is 1. The van der Waals surface area contributed by atoms with E-state index >= 15 is 0 Å². The average molecular weight is 220 g/mol. The van der Waals surface area contributed by atoms with Gasteiger partial charge in [0.15, 0.2) is 5.11 Å². The van der Waals surface area contributed by atoms with Gasteiger partial charge in [0.2, 0.25) is 0 Å². The quantitative estimate of drug-likeness (QED) is 0.599. The monoisotopic (exact) mass is 220 g/mol. The lowest BCUT2D eigenvalue weighted by Gasteiger charge is -2.08. The highest BCUT2D eigenvalue weighted by atomic mass is 32.1. The highest BCUT2D eigenvalue weighted by Crippen LogP contribution is 2.14. The molecule has 4 heteroatoms. The number of methoxy groups -OCH3 is 1. The van der Waals surface area contributed by atoms with Crippen LogP contribution in [0, 0.1) is 12.3 Å². The maximum Gasteiger partial charge on any atom is 0.171 e. The molecular formula is C11H12N2OS. The van der Waals surface area contributed by atoms with Crippen molar-refractivity contribution in [3.05, 3.63) is 24.3 Å². The average Bonchev–Trinajstić information content (AvgIpc) is 2.27. The Balaban J connectivity index is 2.50. The molecule has 0 radical (unpaired) electrons. The molecule has 0 unspecified atom stereocenters. The van der Waals surface area contributed by atoms with E-state index in [0.29, 0.717) is 11.7 Å². The van der Waals surface area contributed by atoms with Crippen LogP contribution < -0.4 is 15.4 Å².